The second kappa shape index (κ2) is 17.2. The predicted octanol–water partition coefficient (Wildman–Crippen LogP) is 5.64. The third-order valence-electron chi connectivity index (χ3n) is 3.95. The van der Waals surface area contributed by atoms with Crippen molar-refractivity contribution in [3.8, 4) is 0 Å². The fourth-order valence-electron chi connectivity index (χ4n) is 2.46. The summed E-state index contributed by atoms with van der Waals surface area (Å²) in [7, 11) is 0. The van der Waals surface area contributed by atoms with Crippen LogP contribution in [0.25, 0.3) is 0 Å². The van der Waals surface area contributed by atoms with E-state index in [0.717, 1.165) is 32.2 Å². The molecule has 0 radical (unpaired) electrons. The summed E-state index contributed by atoms with van der Waals surface area (Å²) in [4.78, 5) is 11.1. The molecule has 1 fully saturated rings. The molecule has 140 valence electrons. The fourth-order valence-corrected chi connectivity index (χ4v) is 2.46. The molecule has 3 nitrogen and oxygen atoms in total. The molecular weight excluding hydrogens is 403 g/mol. The van der Waals surface area contributed by atoms with Crippen molar-refractivity contribution >= 4 is 29.8 Å². The lowest BCUT2D eigenvalue weighted by atomic mass is 9.90. The van der Waals surface area contributed by atoms with Crippen molar-refractivity contribution in [1.29, 1.82) is 0 Å². The molecule has 1 aliphatic rings. The van der Waals surface area contributed by atoms with E-state index in [1.54, 1.807) is 0 Å². The van der Waals surface area contributed by atoms with Gasteiger partial charge in [0.15, 0.2) is 0 Å². The highest BCUT2D eigenvalue weighted by Gasteiger charge is 2.13. The molecule has 0 aromatic carbocycles. The Bertz CT molecular complexity index is 261. The molecule has 0 N–H and O–H groups in total. The van der Waals surface area contributed by atoms with Crippen LogP contribution in [-0.4, -0.2) is 31.7 Å². The van der Waals surface area contributed by atoms with Crippen molar-refractivity contribution in [2.75, 3.05) is 19.8 Å². The molecule has 4 heteroatoms. The maximum Gasteiger partial charge on any atom is 0.135 e. The second-order valence-electron chi connectivity index (χ2n) is 6.81. The third-order valence-corrected chi connectivity index (χ3v) is 3.95. The number of ketones is 1. The molecule has 0 aromatic rings. The van der Waals surface area contributed by atoms with Crippen LogP contribution in [0.1, 0.15) is 79.6 Å². The second-order valence-corrected chi connectivity index (χ2v) is 6.81. The summed E-state index contributed by atoms with van der Waals surface area (Å²) in [5, 5.41) is 0. The van der Waals surface area contributed by atoms with Crippen LogP contribution in [0.3, 0.4) is 0 Å². The first-order valence-electron chi connectivity index (χ1n) is 9.19. The van der Waals surface area contributed by atoms with E-state index in [4.69, 9.17) is 9.47 Å². The molecule has 23 heavy (non-hydrogen) atoms. The molecule has 1 aliphatic carbocycles. The summed E-state index contributed by atoms with van der Waals surface area (Å²) in [5.74, 6) is 1.38. The lowest BCUT2D eigenvalue weighted by molar-refractivity contribution is -0.122. The summed E-state index contributed by atoms with van der Waals surface area (Å²) in [6.07, 6.45) is 9.02. The van der Waals surface area contributed by atoms with E-state index in [9.17, 15) is 4.79 Å². The molecule has 0 atom stereocenters. The highest BCUT2D eigenvalue weighted by Crippen LogP contribution is 2.23. The van der Waals surface area contributed by atoms with Gasteiger partial charge in [0, 0.05) is 32.2 Å². The van der Waals surface area contributed by atoms with Crippen molar-refractivity contribution in [3.05, 3.63) is 0 Å². The number of rotatable bonds is 9. The maximum atomic E-state index is 11.1. The van der Waals surface area contributed by atoms with E-state index in [1.807, 2.05) is 20.8 Å². The van der Waals surface area contributed by atoms with Crippen LogP contribution in [0.5, 0.6) is 0 Å². The van der Waals surface area contributed by atoms with Gasteiger partial charge in [-0.25, -0.2) is 0 Å². The Morgan fingerprint density at radius 2 is 1.70 bits per heavy atom. The minimum Gasteiger partial charge on any atom is -0.382 e. The molecule has 0 spiro atoms. The van der Waals surface area contributed by atoms with Crippen LogP contribution in [0.2, 0.25) is 0 Å². The van der Waals surface area contributed by atoms with Crippen molar-refractivity contribution in [1.82, 2.24) is 0 Å². The van der Waals surface area contributed by atoms with Gasteiger partial charge in [-0.3, -0.25) is 4.79 Å². The summed E-state index contributed by atoms with van der Waals surface area (Å²) < 4.78 is 10.7. The summed E-state index contributed by atoms with van der Waals surface area (Å²) in [5.41, 5.74) is 0. The average molecular weight is 442 g/mol. The number of halogens is 1. The Labute approximate surface area is 161 Å². The number of carbonyl (C=O) groups is 1. The lowest BCUT2D eigenvalue weighted by Gasteiger charge is -2.22. The molecule has 0 saturated heterocycles. The van der Waals surface area contributed by atoms with Crippen molar-refractivity contribution in [3.63, 3.8) is 0 Å². The molecule has 1 rings (SSSR count). The van der Waals surface area contributed by atoms with Gasteiger partial charge < -0.3 is 9.47 Å². The zero-order valence-electron chi connectivity index (χ0n) is 15.9. The van der Waals surface area contributed by atoms with E-state index >= 15 is 0 Å². The van der Waals surface area contributed by atoms with Crippen LogP contribution >= 0.6 is 24.0 Å². The molecule has 0 amide bonds. The largest absolute Gasteiger partial charge is 0.382 e. The van der Waals surface area contributed by atoms with Crippen LogP contribution in [0, 0.1) is 11.8 Å². The van der Waals surface area contributed by atoms with Gasteiger partial charge in [0.05, 0.1) is 6.10 Å². The monoisotopic (exact) mass is 442 g/mol. The summed E-state index contributed by atoms with van der Waals surface area (Å²) in [6, 6.07) is 0. The van der Waals surface area contributed by atoms with Crippen LogP contribution in [0.4, 0.5) is 0 Å². The first-order chi connectivity index (χ1) is 10.5. The summed E-state index contributed by atoms with van der Waals surface area (Å²) in [6.45, 7) is 12.5. The molecule has 0 bridgehead atoms. The number of Topliss-reactive ketones (excluding diaryl/α,β-unsaturated/α-hetero) is 1. The van der Waals surface area contributed by atoms with Crippen LogP contribution in [-0.2, 0) is 14.3 Å². The van der Waals surface area contributed by atoms with E-state index < -0.39 is 0 Å². The summed E-state index contributed by atoms with van der Waals surface area (Å²) >= 11 is 0. The third kappa shape index (κ3) is 16.9. The fraction of sp³-hybridized carbons (Fsp3) is 0.947. The topological polar surface area (TPSA) is 35.5 Å². The van der Waals surface area contributed by atoms with Gasteiger partial charge in [-0.1, -0.05) is 33.1 Å². The number of ether oxygens (including phenoxy) is 2. The molecule has 0 heterocycles. The minimum absolute atomic E-state index is 0. The van der Waals surface area contributed by atoms with Gasteiger partial charge in [-0.15, -0.1) is 24.0 Å². The molecule has 1 saturated carbocycles. The first-order valence-corrected chi connectivity index (χ1v) is 9.19. The smallest absolute Gasteiger partial charge is 0.135 e. The molecule has 0 unspecified atom stereocenters. The number of carbonyl (C=O) groups excluding carboxylic acids is 1. The normalized spacial score (nSPS) is 15.1. The van der Waals surface area contributed by atoms with Crippen molar-refractivity contribution in [2.24, 2.45) is 11.8 Å². The predicted molar refractivity (Wildman–Crippen MR) is 109 cm³/mol. The van der Waals surface area contributed by atoms with Gasteiger partial charge in [-0.05, 0) is 46.0 Å². The quantitative estimate of drug-likeness (QED) is 0.343. The standard InChI is InChI=1S/C10H20O.C9H18O2.HI/c1-9(2)11-8-10-6-4-3-5-7-10;1-4-11-7-5-6-9(10)8(2)3;/h9-10H,3-8H2,1-2H3;8H,4-7H2,1-3H3;1H. The lowest BCUT2D eigenvalue weighted by Crippen LogP contribution is -2.16. The minimum atomic E-state index is 0. The first kappa shape index (κ1) is 25.6. The van der Waals surface area contributed by atoms with Crippen molar-refractivity contribution in [2.45, 2.75) is 85.7 Å². The number of hydrogen-bond donors (Lipinski definition) is 0. The van der Waals surface area contributed by atoms with E-state index in [-0.39, 0.29) is 29.9 Å². The molecule has 0 aromatic heterocycles. The van der Waals surface area contributed by atoms with Gasteiger partial charge in [-0.2, -0.15) is 0 Å². The molecular formula is C19H39IO3. The zero-order valence-corrected chi connectivity index (χ0v) is 18.3. The molecule has 0 aliphatic heterocycles. The van der Waals surface area contributed by atoms with Crippen LogP contribution in [0.15, 0.2) is 0 Å². The SMILES string of the molecule is CC(C)OCC1CCCCC1.CCOCCCC(=O)C(C)C.I. The average Bonchev–Trinajstić information content (AvgIpc) is 2.51. The van der Waals surface area contributed by atoms with Crippen LogP contribution < -0.4 is 0 Å². The van der Waals surface area contributed by atoms with Gasteiger partial charge in [0.2, 0.25) is 0 Å². The van der Waals surface area contributed by atoms with E-state index in [1.165, 1.54) is 32.1 Å². The highest BCUT2D eigenvalue weighted by molar-refractivity contribution is 14.0. The van der Waals surface area contributed by atoms with E-state index in [0.29, 0.717) is 18.3 Å². The van der Waals surface area contributed by atoms with E-state index in [2.05, 4.69) is 13.8 Å². The van der Waals surface area contributed by atoms with Gasteiger partial charge >= 0.3 is 0 Å². The van der Waals surface area contributed by atoms with Crippen molar-refractivity contribution < 1.29 is 14.3 Å². The number of hydrogen-bond acceptors (Lipinski definition) is 3. The Kier molecular flexibility index (Phi) is 19.1. The highest BCUT2D eigenvalue weighted by atomic mass is 127. The Hall–Kier alpha value is 0.320. The van der Waals surface area contributed by atoms with Gasteiger partial charge in [0.1, 0.15) is 5.78 Å². The van der Waals surface area contributed by atoms with Gasteiger partial charge in [0.25, 0.3) is 0 Å². The Morgan fingerprint density at radius 1 is 1.09 bits per heavy atom. The Morgan fingerprint density at radius 3 is 2.17 bits per heavy atom. The maximum absolute atomic E-state index is 11.1. The Balaban J connectivity index is 0. The zero-order chi connectivity index (χ0) is 16.8.